The van der Waals surface area contributed by atoms with Crippen molar-refractivity contribution in [1.82, 2.24) is 10.6 Å². The highest BCUT2D eigenvalue weighted by molar-refractivity contribution is 8.00. The van der Waals surface area contributed by atoms with Gasteiger partial charge in [-0.05, 0) is 67.1 Å². The number of carbonyl (C=O) groups excluding carboxylic acids is 4. The molecule has 1 heterocycles. The number of nitrogens with zero attached hydrogens (tertiary/aromatic N) is 2. The van der Waals surface area contributed by atoms with Crippen molar-refractivity contribution in [3.05, 3.63) is 132 Å². The van der Waals surface area contributed by atoms with E-state index < -0.39 is 11.8 Å². The summed E-state index contributed by atoms with van der Waals surface area (Å²) in [6.45, 7) is 1.97. The fourth-order valence-electron chi connectivity index (χ4n) is 4.22. The van der Waals surface area contributed by atoms with Gasteiger partial charge in [0.05, 0.1) is 17.9 Å². The highest BCUT2D eigenvalue weighted by Gasteiger charge is 2.26. The molecule has 0 aromatic heterocycles. The number of benzene rings is 4. The highest BCUT2D eigenvalue weighted by atomic mass is 32.2. The van der Waals surface area contributed by atoms with Gasteiger partial charge in [0, 0.05) is 16.1 Å². The molecule has 0 saturated heterocycles. The van der Waals surface area contributed by atoms with E-state index in [1.807, 2.05) is 55.5 Å². The van der Waals surface area contributed by atoms with Gasteiger partial charge in [-0.3, -0.25) is 19.2 Å². The molecule has 0 radical (unpaired) electrons. The summed E-state index contributed by atoms with van der Waals surface area (Å²) in [5, 5.41) is 13.8. The van der Waals surface area contributed by atoms with Gasteiger partial charge in [-0.15, -0.1) is 11.8 Å². The maximum Gasteiger partial charge on any atom is 0.272 e. The van der Waals surface area contributed by atoms with Crippen LogP contribution in [0, 0.1) is 6.92 Å². The number of thioether (sulfide) groups is 1. The summed E-state index contributed by atoms with van der Waals surface area (Å²) in [6, 6.07) is 32.3. The number of amidine groups is 1. The van der Waals surface area contributed by atoms with E-state index in [1.54, 1.807) is 66.7 Å². The summed E-state index contributed by atoms with van der Waals surface area (Å²) in [7, 11) is 0. The number of hydrogen-bond acceptors (Lipinski definition) is 6. The minimum Gasteiger partial charge on any atom is -0.321 e. The Morgan fingerprint density at radius 3 is 2.18 bits per heavy atom. The van der Waals surface area contributed by atoms with Crippen molar-refractivity contribution >= 4 is 58.7 Å². The Bertz CT molecular complexity index is 1720. The first-order chi connectivity index (χ1) is 21.3. The lowest BCUT2D eigenvalue weighted by Gasteiger charge is -2.12. The molecule has 4 amide bonds. The molecule has 0 spiro atoms. The van der Waals surface area contributed by atoms with Crippen molar-refractivity contribution < 1.29 is 19.2 Å². The Kier molecular flexibility index (Phi) is 9.63. The third-order valence-electron chi connectivity index (χ3n) is 6.46. The van der Waals surface area contributed by atoms with E-state index in [4.69, 9.17) is 0 Å². The molecule has 1 aliphatic heterocycles. The van der Waals surface area contributed by atoms with E-state index in [0.29, 0.717) is 22.8 Å². The van der Waals surface area contributed by atoms with Crippen molar-refractivity contribution in [3.8, 4) is 0 Å². The third-order valence-corrected chi connectivity index (χ3v) is 7.47. The normalized spacial score (nSPS) is 12.8. The second-order valence-electron chi connectivity index (χ2n) is 9.87. The van der Waals surface area contributed by atoms with Crippen LogP contribution in [-0.4, -0.2) is 35.2 Å². The molecule has 3 N–H and O–H groups in total. The largest absolute Gasteiger partial charge is 0.321 e. The van der Waals surface area contributed by atoms with Crippen LogP contribution in [0.15, 0.2) is 125 Å². The Balaban J connectivity index is 1.18. The topological polar surface area (TPSA) is 120 Å². The molecule has 1 aliphatic rings. The standard InChI is InChI=1S/C34H29N5O4S/c1-23-12-14-24(15-13-23)20-29(36-33(42)25-8-4-2-5-9-25)34(43)35-26-16-18-28(19-17-26)44-22-31(40)37-30-21-32(41)39(38-30)27-10-6-3-7-11-27/h2-20H,21-22H2,1H3,(H,35,43)(H,36,42)(H,37,38,40)/b29-20-. The number of nitrogens with one attached hydrogen (secondary N) is 3. The number of amides is 4. The fraction of sp³-hybridized carbons (Fsp3) is 0.0882. The molecule has 220 valence electrons. The van der Waals surface area contributed by atoms with Gasteiger partial charge in [-0.1, -0.05) is 66.2 Å². The summed E-state index contributed by atoms with van der Waals surface area (Å²) in [6.07, 6.45) is 1.64. The van der Waals surface area contributed by atoms with Gasteiger partial charge in [0.15, 0.2) is 0 Å². The van der Waals surface area contributed by atoms with Crippen molar-refractivity contribution in [2.24, 2.45) is 5.10 Å². The van der Waals surface area contributed by atoms with Gasteiger partial charge in [-0.25, -0.2) is 0 Å². The molecule has 5 rings (SSSR count). The molecule has 0 atom stereocenters. The Morgan fingerprint density at radius 2 is 1.50 bits per heavy atom. The van der Waals surface area contributed by atoms with E-state index in [1.165, 1.54) is 16.8 Å². The summed E-state index contributed by atoms with van der Waals surface area (Å²) >= 11 is 1.31. The number of anilines is 2. The molecule has 0 bridgehead atoms. The number of rotatable bonds is 9. The first-order valence-electron chi connectivity index (χ1n) is 13.8. The molecular weight excluding hydrogens is 574 g/mol. The minimum atomic E-state index is -0.480. The van der Waals surface area contributed by atoms with E-state index >= 15 is 0 Å². The minimum absolute atomic E-state index is 0.0197. The average molecular weight is 604 g/mol. The predicted molar refractivity (Wildman–Crippen MR) is 173 cm³/mol. The number of aryl methyl sites for hydroxylation is 1. The van der Waals surface area contributed by atoms with Crippen LogP contribution < -0.4 is 21.0 Å². The van der Waals surface area contributed by atoms with Crippen LogP contribution >= 0.6 is 11.8 Å². The van der Waals surface area contributed by atoms with E-state index in [2.05, 4.69) is 21.1 Å². The van der Waals surface area contributed by atoms with Crippen LogP contribution in [0.1, 0.15) is 27.9 Å². The van der Waals surface area contributed by atoms with Gasteiger partial charge in [0.1, 0.15) is 11.5 Å². The second kappa shape index (κ2) is 14.1. The molecule has 4 aromatic carbocycles. The van der Waals surface area contributed by atoms with Crippen LogP contribution in [0.25, 0.3) is 6.08 Å². The van der Waals surface area contributed by atoms with Crippen LogP contribution in [0.5, 0.6) is 0 Å². The lowest BCUT2D eigenvalue weighted by Crippen LogP contribution is -2.31. The van der Waals surface area contributed by atoms with Gasteiger partial charge < -0.3 is 16.0 Å². The van der Waals surface area contributed by atoms with Crippen molar-refractivity contribution in [2.75, 3.05) is 16.1 Å². The number of carbonyl (C=O) groups is 4. The summed E-state index contributed by atoms with van der Waals surface area (Å²) < 4.78 is 0. The zero-order valence-electron chi connectivity index (χ0n) is 23.8. The third kappa shape index (κ3) is 8.08. The smallest absolute Gasteiger partial charge is 0.272 e. The number of para-hydroxylation sites is 1. The Hall–Kier alpha value is -5.48. The second-order valence-corrected chi connectivity index (χ2v) is 10.9. The molecular formula is C34H29N5O4S. The summed E-state index contributed by atoms with van der Waals surface area (Å²) in [4.78, 5) is 51.8. The van der Waals surface area contributed by atoms with Crippen molar-refractivity contribution in [3.63, 3.8) is 0 Å². The first-order valence-corrected chi connectivity index (χ1v) is 14.8. The zero-order valence-corrected chi connectivity index (χ0v) is 24.6. The zero-order chi connectivity index (χ0) is 30.9. The molecule has 9 nitrogen and oxygen atoms in total. The predicted octanol–water partition coefficient (Wildman–Crippen LogP) is 5.36. The van der Waals surface area contributed by atoms with Crippen LogP contribution in [-0.2, 0) is 14.4 Å². The van der Waals surface area contributed by atoms with Crippen molar-refractivity contribution in [2.45, 2.75) is 18.2 Å². The fourth-order valence-corrected chi connectivity index (χ4v) is 4.92. The summed E-state index contributed by atoms with van der Waals surface area (Å²) in [5.41, 5.74) is 3.53. The molecule has 10 heteroatoms. The van der Waals surface area contributed by atoms with Gasteiger partial charge in [-0.2, -0.15) is 10.1 Å². The SMILES string of the molecule is Cc1ccc(/C=C(\NC(=O)c2ccccc2)C(=O)Nc2ccc(SCC(=O)NC3=NN(c4ccccc4)C(=O)C3)cc2)cc1. The Labute approximate surface area is 259 Å². The highest BCUT2D eigenvalue weighted by Crippen LogP contribution is 2.22. The number of hydrazone groups is 1. The van der Waals surface area contributed by atoms with Crippen molar-refractivity contribution in [1.29, 1.82) is 0 Å². The number of hydrogen-bond donors (Lipinski definition) is 3. The average Bonchev–Trinajstić information content (AvgIpc) is 3.41. The van der Waals surface area contributed by atoms with Crippen LogP contribution in [0.4, 0.5) is 11.4 Å². The molecule has 0 aliphatic carbocycles. The summed E-state index contributed by atoms with van der Waals surface area (Å²) in [5.74, 6) is -0.964. The van der Waals surface area contributed by atoms with Gasteiger partial charge in [0.2, 0.25) is 5.91 Å². The maximum absolute atomic E-state index is 13.3. The maximum atomic E-state index is 13.3. The quantitative estimate of drug-likeness (QED) is 0.176. The lowest BCUT2D eigenvalue weighted by molar-refractivity contribution is -0.117. The van der Waals surface area contributed by atoms with E-state index in [-0.39, 0.29) is 29.7 Å². The first kappa shape index (κ1) is 30.0. The molecule has 0 unspecified atom stereocenters. The molecule has 44 heavy (non-hydrogen) atoms. The molecule has 0 saturated carbocycles. The van der Waals surface area contributed by atoms with Crippen LogP contribution in [0.2, 0.25) is 0 Å². The van der Waals surface area contributed by atoms with Crippen LogP contribution in [0.3, 0.4) is 0 Å². The Morgan fingerprint density at radius 1 is 0.841 bits per heavy atom. The van der Waals surface area contributed by atoms with E-state index in [0.717, 1.165) is 16.0 Å². The monoisotopic (exact) mass is 603 g/mol. The van der Waals surface area contributed by atoms with Gasteiger partial charge >= 0.3 is 0 Å². The molecule has 4 aromatic rings. The molecule has 0 fully saturated rings. The van der Waals surface area contributed by atoms with Gasteiger partial charge in [0.25, 0.3) is 17.7 Å². The van der Waals surface area contributed by atoms with E-state index in [9.17, 15) is 19.2 Å². The lowest BCUT2D eigenvalue weighted by atomic mass is 10.1.